The van der Waals surface area contributed by atoms with Gasteiger partial charge in [0, 0.05) is 5.56 Å². The Hall–Kier alpha value is -2.43. The van der Waals surface area contributed by atoms with E-state index in [0.29, 0.717) is 28.4 Å². The van der Waals surface area contributed by atoms with Gasteiger partial charge in [-0.05, 0) is 18.2 Å². The van der Waals surface area contributed by atoms with Gasteiger partial charge in [0.2, 0.25) is 5.75 Å². The molecule has 0 bridgehead atoms. The van der Waals surface area contributed by atoms with E-state index in [1.54, 1.807) is 18.2 Å². The van der Waals surface area contributed by atoms with E-state index in [-0.39, 0.29) is 5.78 Å². The van der Waals surface area contributed by atoms with E-state index in [1.165, 1.54) is 33.9 Å². The smallest absolute Gasteiger partial charge is 0.203 e. The molecule has 1 heterocycles. The van der Waals surface area contributed by atoms with E-state index in [9.17, 15) is 4.79 Å². The average molecular weight is 262 g/mol. The molecule has 0 fully saturated rings. The lowest BCUT2D eigenvalue weighted by Crippen LogP contribution is -2.03. The van der Waals surface area contributed by atoms with Gasteiger partial charge in [-0.2, -0.15) is 0 Å². The summed E-state index contributed by atoms with van der Waals surface area (Å²) in [4.78, 5) is 12.2. The molecule has 5 heteroatoms. The van der Waals surface area contributed by atoms with Crippen LogP contribution in [0.5, 0.6) is 17.2 Å². The molecule has 0 aliphatic heterocycles. The molecule has 0 radical (unpaired) electrons. The van der Waals surface area contributed by atoms with Gasteiger partial charge in [0.05, 0.1) is 33.2 Å². The Labute approximate surface area is 110 Å². The Morgan fingerprint density at radius 3 is 2.05 bits per heavy atom. The van der Waals surface area contributed by atoms with Crippen LogP contribution in [0.1, 0.15) is 15.9 Å². The highest BCUT2D eigenvalue weighted by molar-refractivity contribution is 6.09. The number of ether oxygens (including phenoxy) is 3. The molecule has 0 amide bonds. The fourth-order valence-corrected chi connectivity index (χ4v) is 1.77. The first-order valence-electron chi connectivity index (χ1n) is 5.58. The maximum atomic E-state index is 12.2. The molecular formula is C14H14O5. The molecule has 1 aromatic carbocycles. The molecule has 2 rings (SSSR count). The van der Waals surface area contributed by atoms with Crippen molar-refractivity contribution in [2.75, 3.05) is 21.3 Å². The molecule has 19 heavy (non-hydrogen) atoms. The number of carbonyl (C=O) groups is 1. The van der Waals surface area contributed by atoms with Crippen LogP contribution in [0, 0.1) is 0 Å². The van der Waals surface area contributed by atoms with E-state index in [4.69, 9.17) is 18.6 Å². The van der Waals surface area contributed by atoms with Crippen LogP contribution in [0.4, 0.5) is 0 Å². The summed E-state index contributed by atoms with van der Waals surface area (Å²) in [6, 6.07) is 4.82. The topological polar surface area (TPSA) is 57.9 Å². The number of furan rings is 1. The van der Waals surface area contributed by atoms with Crippen LogP contribution in [-0.4, -0.2) is 27.1 Å². The summed E-state index contributed by atoms with van der Waals surface area (Å²) in [5, 5.41) is 0. The van der Waals surface area contributed by atoms with Gasteiger partial charge in [-0.1, -0.05) is 0 Å². The van der Waals surface area contributed by atoms with Crippen molar-refractivity contribution < 1.29 is 23.4 Å². The van der Waals surface area contributed by atoms with Gasteiger partial charge < -0.3 is 18.6 Å². The first-order chi connectivity index (χ1) is 9.21. The summed E-state index contributed by atoms with van der Waals surface area (Å²) in [5.41, 5.74) is 0.908. The molecule has 0 atom stereocenters. The van der Waals surface area contributed by atoms with Crippen molar-refractivity contribution in [1.29, 1.82) is 0 Å². The lowest BCUT2D eigenvalue weighted by molar-refractivity contribution is 0.103. The predicted molar refractivity (Wildman–Crippen MR) is 68.2 cm³/mol. The largest absolute Gasteiger partial charge is 0.493 e. The van der Waals surface area contributed by atoms with Gasteiger partial charge in [0.15, 0.2) is 17.3 Å². The highest BCUT2D eigenvalue weighted by atomic mass is 16.5. The van der Waals surface area contributed by atoms with Gasteiger partial charge in [0.25, 0.3) is 0 Å². The maximum Gasteiger partial charge on any atom is 0.203 e. The predicted octanol–water partition coefficient (Wildman–Crippen LogP) is 2.54. The normalized spacial score (nSPS) is 10.1. The Morgan fingerprint density at radius 2 is 1.63 bits per heavy atom. The second-order valence-electron chi connectivity index (χ2n) is 3.76. The van der Waals surface area contributed by atoms with Crippen molar-refractivity contribution in [1.82, 2.24) is 0 Å². The van der Waals surface area contributed by atoms with Crippen LogP contribution in [0.3, 0.4) is 0 Å². The summed E-state index contributed by atoms with van der Waals surface area (Å²) in [7, 11) is 4.52. The van der Waals surface area contributed by atoms with Crippen molar-refractivity contribution in [2.24, 2.45) is 0 Å². The number of ketones is 1. The van der Waals surface area contributed by atoms with Gasteiger partial charge in [-0.3, -0.25) is 4.79 Å². The molecule has 1 aromatic heterocycles. The van der Waals surface area contributed by atoms with E-state index in [2.05, 4.69) is 0 Å². The molecule has 100 valence electrons. The Bertz CT molecular complexity index is 547. The van der Waals surface area contributed by atoms with Crippen LogP contribution in [-0.2, 0) is 0 Å². The number of hydrogen-bond donors (Lipinski definition) is 0. The molecule has 0 N–H and O–H groups in total. The number of benzene rings is 1. The molecule has 0 aliphatic carbocycles. The summed E-state index contributed by atoms with van der Waals surface area (Å²) < 4.78 is 20.5. The Balaban J connectivity index is 2.50. The quantitative estimate of drug-likeness (QED) is 0.775. The summed E-state index contributed by atoms with van der Waals surface area (Å²) >= 11 is 0. The van der Waals surface area contributed by atoms with Crippen molar-refractivity contribution in [3.8, 4) is 17.2 Å². The maximum absolute atomic E-state index is 12.2. The van der Waals surface area contributed by atoms with E-state index < -0.39 is 0 Å². The van der Waals surface area contributed by atoms with Crippen molar-refractivity contribution in [3.63, 3.8) is 0 Å². The molecule has 0 saturated carbocycles. The van der Waals surface area contributed by atoms with E-state index in [0.717, 1.165) is 0 Å². The van der Waals surface area contributed by atoms with Gasteiger partial charge in [-0.25, -0.2) is 0 Å². The zero-order valence-corrected chi connectivity index (χ0v) is 10.9. The zero-order chi connectivity index (χ0) is 13.8. The number of carbonyl (C=O) groups excluding carboxylic acids is 1. The van der Waals surface area contributed by atoms with Crippen LogP contribution in [0.2, 0.25) is 0 Å². The third kappa shape index (κ3) is 2.40. The van der Waals surface area contributed by atoms with Crippen LogP contribution in [0.15, 0.2) is 35.1 Å². The number of methoxy groups -OCH3 is 3. The molecule has 2 aromatic rings. The monoisotopic (exact) mass is 262 g/mol. The minimum absolute atomic E-state index is 0.173. The van der Waals surface area contributed by atoms with E-state index >= 15 is 0 Å². The Morgan fingerprint density at radius 1 is 1.00 bits per heavy atom. The third-order valence-electron chi connectivity index (χ3n) is 2.71. The Kier molecular flexibility index (Phi) is 3.75. The van der Waals surface area contributed by atoms with E-state index in [1.807, 2.05) is 0 Å². The number of hydrogen-bond acceptors (Lipinski definition) is 5. The zero-order valence-electron chi connectivity index (χ0n) is 10.9. The number of rotatable bonds is 5. The van der Waals surface area contributed by atoms with Crippen LogP contribution >= 0.6 is 0 Å². The molecule has 0 unspecified atom stereocenters. The molecular weight excluding hydrogens is 248 g/mol. The minimum atomic E-state index is -0.173. The summed E-state index contributed by atoms with van der Waals surface area (Å²) in [6.45, 7) is 0. The molecule has 0 saturated heterocycles. The summed E-state index contributed by atoms with van der Waals surface area (Å²) in [6.07, 6.45) is 2.84. The highest BCUT2D eigenvalue weighted by Gasteiger charge is 2.18. The summed E-state index contributed by atoms with van der Waals surface area (Å²) in [5.74, 6) is 1.16. The SMILES string of the molecule is COc1cc(C(=O)c2ccoc2)cc(OC)c1OC. The van der Waals surface area contributed by atoms with Crippen molar-refractivity contribution in [2.45, 2.75) is 0 Å². The molecule has 0 aliphatic rings. The first-order valence-corrected chi connectivity index (χ1v) is 5.58. The average Bonchev–Trinajstić information content (AvgIpc) is 2.98. The third-order valence-corrected chi connectivity index (χ3v) is 2.71. The standard InChI is InChI=1S/C14H14O5/c1-16-11-6-10(7-12(17-2)14(11)18-3)13(15)9-4-5-19-8-9/h4-8H,1-3H3. The van der Waals surface area contributed by atoms with Crippen LogP contribution < -0.4 is 14.2 Å². The van der Waals surface area contributed by atoms with Gasteiger partial charge >= 0.3 is 0 Å². The second-order valence-corrected chi connectivity index (χ2v) is 3.76. The fraction of sp³-hybridized carbons (Fsp3) is 0.214. The fourth-order valence-electron chi connectivity index (χ4n) is 1.77. The lowest BCUT2D eigenvalue weighted by atomic mass is 10.0. The lowest BCUT2D eigenvalue weighted by Gasteiger charge is -2.13. The van der Waals surface area contributed by atoms with Gasteiger partial charge in [-0.15, -0.1) is 0 Å². The second kappa shape index (κ2) is 5.48. The molecule has 0 spiro atoms. The molecule has 5 nitrogen and oxygen atoms in total. The van der Waals surface area contributed by atoms with Crippen molar-refractivity contribution >= 4 is 5.78 Å². The van der Waals surface area contributed by atoms with Gasteiger partial charge in [0.1, 0.15) is 6.26 Å². The van der Waals surface area contributed by atoms with Crippen LogP contribution in [0.25, 0.3) is 0 Å². The van der Waals surface area contributed by atoms with Crippen molar-refractivity contribution in [3.05, 3.63) is 41.9 Å². The first kappa shape index (κ1) is 13.0. The minimum Gasteiger partial charge on any atom is -0.493 e. The highest BCUT2D eigenvalue weighted by Crippen LogP contribution is 2.38.